The summed E-state index contributed by atoms with van der Waals surface area (Å²) in [5, 5.41) is 0. The number of hydrogen-bond acceptors (Lipinski definition) is 6. The maximum atomic E-state index is 15.2. The fraction of sp³-hybridized carbons (Fsp3) is 0.429. The van der Waals surface area contributed by atoms with Crippen molar-refractivity contribution < 1.29 is 21.6 Å². The summed E-state index contributed by atoms with van der Waals surface area (Å²) in [7, 11) is -4.17. The molecule has 2 aliphatic rings. The zero-order chi connectivity index (χ0) is 27.7. The molecule has 0 amide bonds. The molecule has 3 heterocycles. The van der Waals surface area contributed by atoms with Gasteiger partial charge in [-0.3, -0.25) is 9.62 Å². The first-order valence-electron chi connectivity index (χ1n) is 13.1. The third kappa shape index (κ3) is 6.04. The van der Waals surface area contributed by atoms with Gasteiger partial charge in [-0.2, -0.15) is 0 Å². The fourth-order valence-corrected chi connectivity index (χ4v) is 6.64. The van der Waals surface area contributed by atoms with Crippen LogP contribution in [0.15, 0.2) is 66.0 Å². The van der Waals surface area contributed by atoms with Gasteiger partial charge in [0.25, 0.3) is 15.9 Å². The Kier molecular flexibility index (Phi) is 7.56. The number of aromatic nitrogens is 2. The van der Waals surface area contributed by atoms with Crippen LogP contribution in [0.25, 0.3) is 0 Å². The standard InChI is InChI=1S/C28H32F3N5O2S/c1-27(30,31)22-6-2-5-21(17-22)9-12-28(36-15-4-16-36)11-3-14-35(19-28)23-7-8-25(24(29)18-23)39(37,38)34-26-10-13-32-20-33-26/h2,5-8,10,13,17-18,20H,3-4,9,11-12,14-16,19H2,1H3,(H,32,33,34)/t28-/m1/s1. The second-order valence-corrected chi connectivity index (χ2v) is 12.1. The Morgan fingerprint density at radius 3 is 2.56 bits per heavy atom. The number of alkyl halides is 2. The minimum atomic E-state index is -4.17. The lowest BCUT2D eigenvalue weighted by atomic mass is 9.79. The second kappa shape index (κ2) is 10.8. The second-order valence-electron chi connectivity index (χ2n) is 10.5. The van der Waals surface area contributed by atoms with E-state index in [0.717, 1.165) is 57.8 Å². The summed E-state index contributed by atoms with van der Waals surface area (Å²) < 4.78 is 70.8. The minimum Gasteiger partial charge on any atom is -0.370 e. The summed E-state index contributed by atoms with van der Waals surface area (Å²) in [4.78, 5) is 11.7. The highest BCUT2D eigenvalue weighted by Gasteiger charge is 2.42. The monoisotopic (exact) mass is 559 g/mol. The van der Waals surface area contributed by atoms with Crippen LogP contribution in [0.4, 0.5) is 24.7 Å². The van der Waals surface area contributed by atoms with Gasteiger partial charge in [0, 0.05) is 43.0 Å². The molecule has 1 aromatic heterocycles. The molecule has 3 aromatic rings. The molecule has 2 aromatic carbocycles. The molecule has 0 bridgehead atoms. The average Bonchev–Trinajstić information content (AvgIpc) is 2.86. The average molecular weight is 560 g/mol. The van der Waals surface area contributed by atoms with Crippen LogP contribution in [0.1, 0.15) is 43.7 Å². The van der Waals surface area contributed by atoms with Gasteiger partial charge in [0.2, 0.25) is 0 Å². The van der Waals surface area contributed by atoms with E-state index in [1.54, 1.807) is 18.2 Å². The van der Waals surface area contributed by atoms with Gasteiger partial charge in [-0.1, -0.05) is 18.2 Å². The number of aryl methyl sites for hydroxylation is 1. The predicted molar refractivity (Wildman–Crippen MR) is 144 cm³/mol. The maximum absolute atomic E-state index is 15.2. The number of likely N-dealkylation sites (tertiary alicyclic amines) is 1. The molecule has 208 valence electrons. The van der Waals surface area contributed by atoms with Crippen molar-refractivity contribution in [3.8, 4) is 0 Å². The van der Waals surface area contributed by atoms with Gasteiger partial charge in [-0.15, -0.1) is 0 Å². The van der Waals surface area contributed by atoms with Crippen LogP contribution < -0.4 is 9.62 Å². The Bertz CT molecular complexity index is 1410. The van der Waals surface area contributed by atoms with E-state index in [1.807, 2.05) is 6.07 Å². The van der Waals surface area contributed by atoms with Crippen LogP contribution in [0.5, 0.6) is 0 Å². The first-order valence-corrected chi connectivity index (χ1v) is 14.6. The molecule has 2 aliphatic heterocycles. The van der Waals surface area contributed by atoms with E-state index in [-0.39, 0.29) is 16.9 Å². The summed E-state index contributed by atoms with van der Waals surface area (Å²) in [5.41, 5.74) is 1.34. The van der Waals surface area contributed by atoms with Crippen LogP contribution in [-0.2, 0) is 22.4 Å². The Labute approximate surface area is 227 Å². The highest BCUT2D eigenvalue weighted by Crippen LogP contribution is 2.38. The van der Waals surface area contributed by atoms with Crippen molar-refractivity contribution in [3.05, 3.63) is 78.0 Å². The topological polar surface area (TPSA) is 78.4 Å². The number of nitrogens with zero attached hydrogens (tertiary/aromatic N) is 4. The normalized spacial score (nSPS) is 20.5. The number of anilines is 2. The summed E-state index contributed by atoms with van der Waals surface area (Å²) >= 11 is 0. The fourth-order valence-electron chi connectivity index (χ4n) is 5.57. The van der Waals surface area contributed by atoms with Crippen LogP contribution >= 0.6 is 0 Å². The van der Waals surface area contributed by atoms with Gasteiger partial charge in [0.05, 0.1) is 0 Å². The summed E-state index contributed by atoms with van der Waals surface area (Å²) in [6.45, 7) is 4.23. The van der Waals surface area contributed by atoms with Gasteiger partial charge < -0.3 is 4.90 Å². The van der Waals surface area contributed by atoms with Crippen LogP contribution in [0.2, 0.25) is 0 Å². The Balaban J connectivity index is 1.34. The lowest BCUT2D eigenvalue weighted by Gasteiger charge is -2.54. The Morgan fingerprint density at radius 2 is 1.90 bits per heavy atom. The van der Waals surface area contributed by atoms with Crippen molar-refractivity contribution in [2.45, 2.75) is 55.4 Å². The molecule has 0 radical (unpaired) electrons. The third-order valence-electron chi connectivity index (χ3n) is 7.79. The van der Waals surface area contributed by atoms with E-state index in [0.29, 0.717) is 18.7 Å². The molecule has 39 heavy (non-hydrogen) atoms. The van der Waals surface area contributed by atoms with E-state index in [4.69, 9.17) is 0 Å². The van der Waals surface area contributed by atoms with E-state index in [9.17, 15) is 17.2 Å². The van der Waals surface area contributed by atoms with Crippen molar-refractivity contribution in [1.82, 2.24) is 14.9 Å². The van der Waals surface area contributed by atoms with Gasteiger partial charge in [-0.05, 0) is 81.1 Å². The summed E-state index contributed by atoms with van der Waals surface area (Å²) in [6, 6.07) is 12.2. The first-order chi connectivity index (χ1) is 18.6. The molecular formula is C28H32F3N5O2S. The van der Waals surface area contributed by atoms with E-state index < -0.39 is 26.7 Å². The highest BCUT2D eigenvalue weighted by atomic mass is 32.2. The summed E-state index contributed by atoms with van der Waals surface area (Å²) in [5.74, 6) is -3.68. The van der Waals surface area contributed by atoms with Gasteiger partial charge in [-0.25, -0.2) is 31.6 Å². The van der Waals surface area contributed by atoms with Gasteiger partial charge >= 0.3 is 0 Å². The molecule has 0 aliphatic carbocycles. The maximum Gasteiger partial charge on any atom is 0.270 e. The molecule has 0 spiro atoms. The zero-order valence-electron chi connectivity index (χ0n) is 21.8. The number of hydrogen-bond donors (Lipinski definition) is 1. The number of rotatable bonds is 9. The lowest BCUT2D eigenvalue weighted by Crippen LogP contribution is -2.63. The van der Waals surface area contributed by atoms with Crippen LogP contribution in [0, 0.1) is 5.82 Å². The number of piperidine rings is 1. The number of benzene rings is 2. The number of halogens is 3. The molecule has 11 heteroatoms. The van der Waals surface area contributed by atoms with Crippen molar-refractivity contribution >= 4 is 21.5 Å². The first kappa shape index (κ1) is 27.4. The Hall–Kier alpha value is -3.18. The van der Waals surface area contributed by atoms with Gasteiger partial charge in [0.1, 0.15) is 22.9 Å². The molecule has 2 saturated heterocycles. The predicted octanol–water partition coefficient (Wildman–Crippen LogP) is 5.21. The van der Waals surface area contributed by atoms with Crippen LogP contribution in [0.3, 0.4) is 0 Å². The molecule has 0 unspecified atom stereocenters. The van der Waals surface area contributed by atoms with Crippen molar-refractivity contribution in [3.63, 3.8) is 0 Å². The molecule has 2 fully saturated rings. The zero-order valence-corrected chi connectivity index (χ0v) is 22.6. The molecule has 0 saturated carbocycles. The molecular weight excluding hydrogens is 527 g/mol. The minimum absolute atomic E-state index is 0.0167. The Morgan fingerprint density at radius 1 is 1.08 bits per heavy atom. The third-order valence-corrected chi connectivity index (χ3v) is 9.17. The molecule has 5 rings (SSSR count). The van der Waals surface area contributed by atoms with Gasteiger partial charge in [0.15, 0.2) is 0 Å². The smallest absolute Gasteiger partial charge is 0.270 e. The molecule has 7 nitrogen and oxygen atoms in total. The quantitative estimate of drug-likeness (QED) is 0.388. The van der Waals surface area contributed by atoms with Crippen molar-refractivity contribution in [2.24, 2.45) is 0 Å². The van der Waals surface area contributed by atoms with E-state index >= 15 is 4.39 Å². The van der Waals surface area contributed by atoms with E-state index in [2.05, 4.69) is 24.5 Å². The number of nitrogens with one attached hydrogen (secondary N) is 1. The van der Waals surface area contributed by atoms with Crippen molar-refractivity contribution in [1.29, 1.82) is 0 Å². The highest BCUT2D eigenvalue weighted by molar-refractivity contribution is 7.92. The molecule has 1 atom stereocenters. The lowest BCUT2D eigenvalue weighted by molar-refractivity contribution is 0.0112. The molecule has 1 N–H and O–H groups in total. The SMILES string of the molecule is CC(F)(F)c1cccc(CC[C@]2(N3CCC3)CCCN(c3ccc(S(=O)(=O)Nc4ccncn4)c(F)c3)C2)c1. The number of sulfonamides is 1. The van der Waals surface area contributed by atoms with E-state index in [1.165, 1.54) is 36.8 Å². The largest absolute Gasteiger partial charge is 0.370 e. The van der Waals surface area contributed by atoms with Crippen molar-refractivity contribution in [2.75, 3.05) is 35.8 Å². The van der Waals surface area contributed by atoms with Crippen LogP contribution in [-0.4, -0.2) is 55.0 Å². The summed E-state index contributed by atoms with van der Waals surface area (Å²) in [6.07, 6.45) is 7.01.